The van der Waals surface area contributed by atoms with Crippen molar-refractivity contribution in [2.45, 2.75) is 26.3 Å². The number of anilines is 1. The van der Waals surface area contributed by atoms with Crippen LogP contribution in [-0.2, 0) is 14.3 Å². The maximum Gasteiger partial charge on any atom is 0.338 e. The smallest absolute Gasteiger partial charge is 0.338 e. The molecule has 1 heterocycles. The van der Waals surface area contributed by atoms with Crippen molar-refractivity contribution in [3.63, 3.8) is 0 Å². The van der Waals surface area contributed by atoms with Crippen LogP contribution in [0.3, 0.4) is 0 Å². The fourth-order valence-electron chi connectivity index (χ4n) is 4.48. The Kier molecular flexibility index (Phi) is 8.26. The Morgan fingerprint density at radius 1 is 1.00 bits per heavy atom. The molecule has 1 atom stereocenters. The molecule has 0 bridgehead atoms. The Hall–Kier alpha value is -4.30. The Morgan fingerprint density at radius 3 is 2.31 bits per heavy atom. The maximum absolute atomic E-state index is 13.5. The highest BCUT2D eigenvalue weighted by atomic mass is 35.5. The first kappa shape index (κ1) is 27.7. The van der Waals surface area contributed by atoms with Gasteiger partial charge in [0.15, 0.2) is 0 Å². The summed E-state index contributed by atoms with van der Waals surface area (Å²) >= 11 is 6.33. The number of carbonyl (C=O) groups excluding carboxylic acids is 3. The second kappa shape index (κ2) is 11.6. The van der Waals surface area contributed by atoms with Crippen LogP contribution >= 0.6 is 11.6 Å². The van der Waals surface area contributed by atoms with Gasteiger partial charge in [-0.25, -0.2) is 4.79 Å². The third-order valence-corrected chi connectivity index (χ3v) is 6.65. The van der Waals surface area contributed by atoms with E-state index in [0.717, 1.165) is 5.56 Å². The minimum Gasteiger partial charge on any atom is -0.507 e. The van der Waals surface area contributed by atoms with Gasteiger partial charge in [-0.15, -0.1) is 0 Å². The van der Waals surface area contributed by atoms with Crippen LogP contribution in [0, 0.1) is 6.92 Å². The number of esters is 1. The van der Waals surface area contributed by atoms with E-state index in [0.29, 0.717) is 35.6 Å². The van der Waals surface area contributed by atoms with Crippen molar-refractivity contribution in [2.24, 2.45) is 0 Å². The first-order valence-corrected chi connectivity index (χ1v) is 12.7. The number of aliphatic hydroxyl groups is 1. The van der Waals surface area contributed by atoms with E-state index in [1.54, 1.807) is 18.2 Å². The summed E-state index contributed by atoms with van der Waals surface area (Å²) in [4.78, 5) is 40.5. The SMILES string of the molecule is CCCOC(=O)c1ccc(N2C(=O)C(=O)/C(=C(/O)c3cc(Cl)c(OC)cc3OC)C2c2cccc(C)c2)cc1. The van der Waals surface area contributed by atoms with Crippen molar-refractivity contribution in [3.05, 3.63) is 93.5 Å². The molecule has 202 valence electrons. The molecule has 9 heteroatoms. The number of methoxy groups -OCH3 is 2. The van der Waals surface area contributed by atoms with Crippen LogP contribution in [0.4, 0.5) is 5.69 Å². The first-order chi connectivity index (χ1) is 18.7. The summed E-state index contributed by atoms with van der Waals surface area (Å²) in [5.74, 6) is -2.11. The van der Waals surface area contributed by atoms with Gasteiger partial charge in [-0.05, 0) is 49.2 Å². The summed E-state index contributed by atoms with van der Waals surface area (Å²) in [5.41, 5.74) is 2.20. The topological polar surface area (TPSA) is 102 Å². The maximum atomic E-state index is 13.5. The zero-order chi connectivity index (χ0) is 28.3. The molecule has 0 spiro atoms. The van der Waals surface area contributed by atoms with Crippen LogP contribution in [-0.4, -0.2) is 43.6 Å². The normalized spacial score (nSPS) is 16.3. The third-order valence-electron chi connectivity index (χ3n) is 6.35. The second-order valence-corrected chi connectivity index (χ2v) is 9.36. The molecule has 0 aromatic heterocycles. The van der Waals surface area contributed by atoms with Gasteiger partial charge in [-0.2, -0.15) is 0 Å². The van der Waals surface area contributed by atoms with Gasteiger partial charge >= 0.3 is 5.97 Å². The zero-order valence-corrected chi connectivity index (χ0v) is 22.7. The van der Waals surface area contributed by atoms with Gasteiger partial charge in [0, 0.05) is 11.8 Å². The summed E-state index contributed by atoms with van der Waals surface area (Å²) in [6.07, 6.45) is 0.690. The Bertz CT molecular complexity index is 1460. The molecule has 3 aromatic rings. The molecule has 3 aromatic carbocycles. The van der Waals surface area contributed by atoms with E-state index in [1.165, 1.54) is 43.4 Å². The molecule has 4 rings (SSSR count). The van der Waals surface area contributed by atoms with E-state index in [4.69, 9.17) is 25.8 Å². The number of hydrogen-bond acceptors (Lipinski definition) is 7. The van der Waals surface area contributed by atoms with Crippen LogP contribution in [0.2, 0.25) is 5.02 Å². The molecule has 1 N–H and O–H groups in total. The molecule has 0 radical (unpaired) electrons. The van der Waals surface area contributed by atoms with E-state index in [1.807, 2.05) is 32.0 Å². The van der Waals surface area contributed by atoms with Gasteiger partial charge < -0.3 is 19.3 Å². The molecule has 0 aliphatic carbocycles. The summed E-state index contributed by atoms with van der Waals surface area (Å²) < 4.78 is 15.9. The molecule has 8 nitrogen and oxygen atoms in total. The van der Waals surface area contributed by atoms with Crippen LogP contribution < -0.4 is 14.4 Å². The lowest BCUT2D eigenvalue weighted by Crippen LogP contribution is -2.29. The Morgan fingerprint density at radius 2 is 1.69 bits per heavy atom. The quantitative estimate of drug-likeness (QED) is 0.162. The lowest BCUT2D eigenvalue weighted by Gasteiger charge is -2.26. The number of amides is 1. The molecular weight excluding hydrogens is 522 g/mol. The van der Waals surface area contributed by atoms with Crippen molar-refractivity contribution >= 4 is 40.7 Å². The Labute approximate surface area is 231 Å². The first-order valence-electron chi connectivity index (χ1n) is 12.3. The van der Waals surface area contributed by atoms with E-state index < -0.39 is 29.5 Å². The molecule has 39 heavy (non-hydrogen) atoms. The van der Waals surface area contributed by atoms with Crippen molar-refractivity contribution in [1.29, 1.82) is 0 Å². The summed E-state index contributed by atoms with van der Waals surface area (Å²) in [6, 6.07) is 15.5. The lowest BCUT2D eigenvalue weighted by molar-refractivity contribution is -0.132. The molecule has 1 unspecified atom stereocenters. The van der Waals surface area contributed by atoms with Crippen molar-refractivity contribution in [1.82, 2.24) is 0 Å². The average Bonchev–Trinajstić information content (AvgIpc) is 3.21. The fourth-order valence-corrected chi connectivity index (χ4v) is 4.72. The number of nitrogens with zero attached hydrogens (tertiary/aromatic N) is 1. The predicted molar refractivity (Wildman–Crippen MR) is 148 cm³/mol. The average molecular weight is 550 g/mol. The van der Waals surface area contributed by atoms with E-state index in [2.05, 4.69) is 0 Å². The molecule has 1 amide bonds. The largest absolute Gasteiger partial charge is 0.507 e. The Balaban J connectivity index is 1.89. The van der Waals surface area contributed by atoms with Gasteiger partial charge in [0.05, 0.1) is 48.6 Å². The number of aliphatic hydroxyl groups excluding tert-OH is 1. The van der Waals surface area contributed by atoms with Crippen LogP contribution in [0.1, 0.15) is 46.4 Å². The highest BCUT2D eigenvalue weighted by molar-refractivity contribution is 6.51. The van der Waals surface area contributed by atoms with Gasteiger partial charge in [-0.3, -0.25) is 14.5 Å². The standard InChI is InChI=1S/C30H28ClNO7/c1-5-13-39-30(36)18-9-11-20(12-10-18)32-26(19-8-6-7-17(2)14-19)25(28(34)29(32)35)27(33)21-15-22(31)24(38-4)16-23(21)37-3/h6-12,14-16,26,33H,5,13H2,1-4H3/b27-25+. The number of aryl methyl sites for hydroxylation is 1. The van der Waals surface area contributed by atoms with E-state index in [9.17, 15) is 19.5 Å². The zero-order valence-electron chi connectivity index (χ0n) is 22.0. The number of ether oxygens (including phenoxy) is 3. The molecule has 1 aliphatic heterocycles. The fraction of sp³-hybridized carbons (Fsp3) is 0.233. The molecule has 1 aliphatic rings. The summed E-state index contributed by atoms with van der Waals surface area (Å²) in [5, 5.41) is 11.7. The van der Waals surface area contributed by atoms with Gasteiger partial charge in [0.1, 0.15) is 17.3 Å². The third kappa shape index (κ3) is 5.33. The lowest BCUT2D eigenvalue weighted by atomic mass is 9.94. The number of carbonyl (C=O) groups is 3. The monoisotopic (exact) mass is 549 g/mol. The van der Waals surface area contributed by atoms with Crippen LogP contribution in [0.15, 0.2) is 66.2 Å². The minimum absolute atomic E-state index is 0.128. The van der Waals surface area contributed by atoms with Crippen molar-refractivity contribution in [2.75, 3.05) is 25.7 Å². The highest BCUT2D eigenvalue weighted by Crippen LogP contribution is 2.44. The minimum atomic E-state index is -0.964. The van der Waals surface area contributed by atoms with E-state index >= 15 is 0 Å². The molecule has 0 saturated carbocycles. The van der Waals surface area contributed by atoms with Gasteiger partial charge in [0.25, 0.3) is 11.7 Å². The van der Waals surface area contributed by atoms with Gasteiger partial charge in [0.2, 0.25) is 0 Å². The highest BCUT2D eigenvalue weighted by Gasteiger charge is 2.47. The van der Waals surface area contributed by atoms with Crippen molar-refractivity contribution in [3.8, 4) is 11.5 Å². The second-order valence-electron chi connectivity index (χ2n) is 8.95. The number of rotatable bonds is 8. The van der Waals surface area contributed by atoms with E-state index in [-0.39, 0.29) is 21.9 Å². The molecular formula is C30H28ClNO7. The number of hydrogen-bond donors (Lipinski definition) is 1. The van der Waals surface area contributed by atoms with Crippen LogP contribution in [0.5, 0.6) is 11.5 Å². The summed E-state index contributed by atoms with van der Waals surface area (Å²) in [6.45, 7) is 4.08. The molecule has 1 fully saturated rings. The van der Waals surface area contributed by atoms with Crippen molar-refractivity contribution < 1.29 is 33.7 Å². The number of benzene rings is 3. The summed E-state index contributed by atoms with van der Waals surface area (Å²) in [7, 11) is 2.85. The predicted octanol–water partition coefficient (Wildman–Crippen LogP) is 5.86. The van der Waals surface area contributed by atoms with Crippen LogP contribution in [0.25, 0.3) is 5.76 Å². The number of Topliss-reactive ketones (excluding diaryl/α,β-unsaturated/α-hetero) is 1. The number of ketones is 1. The molecule has 1 saturated heterocycles. The van der Waals surface area contributed by atoms with Gasteiger partial charge in [-0.1, -0.05) is 48.4 Å². The number of halogens is 1.